The molecule has 236 valence electrons. The Kier molecular flexibility index (Phi) is 11.5. The number of rotatable bonds is 14. The number of carbonyl (C=O) groups excluding carboxylic acids is 2. The predicted molar refractivity (Wildman–Crippen MR) is 169 cm³/mol. The number of carbonyl (C=O) groups is 2. The fourth-order valence-corrected chi connectivity index (χ4v) is 6.15. The third-order valence-corrected chi connectivity index (χ3v) is 9.20. The largest absolute Gasteiger partial charge is 0.497 e. The molecule has 11 nitrogen and oxygen atoms in total. The summed E-state index contributed by atoms with van der Waals surface area (Å²) in [5.41, 5.74) is 1.83. The van der Waals surface area contributed by atoms with Crippen LogP contribution in [0.25, 0.3) is 0 Å². The van der Waals surface area contributed by atoms with Crippen molar-refractivity contribution in [3.8, 4) is 5.75 Å². The monoisotopic (exact) mass is 624 g/mol. The van der Waals surface area contributed by atoms with Gasteiger partial charge in [-0.3, -0.25) is 24.0 Å². The van der Waals surface area contributed by atoms with E-state index < -0.39 is 33.4 Å². The van der Waals surface area contributed by atoms with E-state index in [1.165, 1.54) is 43.2 Å². The Labute approximate surface area is 259 Å². The van der Waals surface area contributed by atoms with Crippen LogP contribution in [0.3, 0.4) is 0 Å². The number of benzene rings is 3. The summed E-state index contributed by atoms with van der Waals surface area (Å²) in [5.74, 6) is -0.480. The van der Waals surface area contributed by atoms with Gasteiger partial charge in [-0.2, -0.15) is 0 Å². The van der Waals surface area contributed by atoms with Crippen LogP contribution in [0.4, 0.5) is 11.4 Å². The maximum absolute atomic E-state index is 14.2. The van der Waals surface area contributed by atoms with Crippen LogP contribution in [-0.2, 0) is 26.2 Å². The zero-order valence-electron chi connectivity index (χ0n) is 25.9. The average molecular weight is 625 g/mol. The van der Waals surface area contributed by atoms with Crippen molar-refractivity contribution in [3.05, 3.63) is 93.5 Å². The summed E-state index contributed by atoms with van der Waals surface area (Å²) in [5, 5.41) is 14.6. The maximum Gasteiger partial charge on any atom is 0.273 e. The maximum atomic E-state index is 14.2. The first-order valence-corrected chi connectivity index (χ1v) is 15.8. The number of nitrogens with zero attached hydrogens (tertiary/aromatic N) is 3. The van der Waals surface area contributed by atoms with E-state index in [9.17, 15) is 28.1 Å². The fourth-order valence-electron chi connectivity index (χ4n) is 4.72. The van der Waals surface area contributed by atoms with E-state index in [1.54, 1.807) is 19.1 Å². The molecule has 3 rings (SSSR count). The van der Waals surface area contributed by atoms with E-state index in [1.807, 2.05) is 45.0 Å². The highest BCUT2D eigenvalue weighted by molar-refractivity contribution is 7.92. The molecule has 0 radical (unpaired) electrons. The quantitative estimate of drug-likeness (QED) is 0.194. The SMILES string of the molecule is CC[C@@H](C)NC(=O)[C@H](CC)N(Cc1cccc(C)c1)C(=O)CN(c1ccc(OC)cc1)S(=O)(=O)c1ccc(C)c([N+](=O)[O-])c1. The van der Waals surface area contributed by atoms with Crippen LogP contribution in [0.1, 0.15) is 50.3 Å². The summed E-state index contributed by atoms with van der Waals surface area (Å²) in [6.07, 6.45) is 0.986. The van der Waals surface area contributed by atoms with E-state index in [2.05, 4.69) is 5.32 Å². The number of ether oxygens (including phenoxy) is 1. The highest BCUT2D eigenvalue weighted by atomic mass is 32.2. The van der Waals surface area contributed by atoms with Gasteiger partial charge in [0.2, 0.25) is 11.8 Å². The normalized spacial score (nSPS) is 12.6. The van der Waals surface area contributed by atoms with Crippen molar-refractivity contribution in [2.24, 2.45) is 0 Å². The van der Waals surface area contributed by atoms with Crippen LogP contribution < -0.4 is 14.4 Å². The van der Waals surface area contributed by atoms with E-state index >= 15 is 0 Å². The van der Waals surface area contributed by atoms with Gasteiger partial charge in [0.15, 0.2) is 0 Å². The lowest BCUT2D eigenvalue weighted by Crippen LogP contribution is -2.53. The molecule has 0 unspecified atom stereocenters. The number of nitro benzene ring substituents is 1. The molecule has 0 aliphatic heterocycles. The minimum atomic E-state index is -4.49. The molecular formula is C32H40N4O7S. The van der Waals surface area contributed by atoms with Crippen molar-refractivity contribution in [1.29, 1.82) is 0 Å². The first-order valence-electron chi connectivity index (χ1n) is 14.4. The smallest absolute Gasteiger partial charge is 0.273 e. The number of anilines is 1. The minimum absolute atomic E-state index is 0.0689. The van der Waals surface area contributed by atoms with Gasteiger partial charge in [0.25, 0.3) is 15.7 Å². The first kappa shape index (κ1) is 34.0. The van der Waals surface area contributed by atoms with Gasteiger partial charge >= 0.3 is 0 Å². The number of amides is 2. The second-order valence-electron chi connectivity index (χ2n) is 10.7. The number of nitro groups is 1. The lowest BCUT2D eigenvalue weighted by Gasteiger charge is -2.33. The van der Waals surface area contributed by atoms with E-state index in [-0.39, 0.29) is 34.8 Å². The third-order valence-electron chi connectivity index (χ3n) is 7.43. The van der Waals surface area contributed by atoms with Gasteiger partial charge in [0, 0.05) is 24.2 Å². The van der Waals surface area contributed by atoms with Crippen LogP contribution in [0.15, 0.2) is 71.6 Å². The van der Waals surface area contributed by atoms with Crippen molar-refractivity contribution in [1.82, 2.24) is 10.2 Å². The molecule has 3 aromatic rings. The lowest BCUT2D eigenvalue weighted by atomic mass is 10.1. The van der Waals surface area contributed by atoms with E-state index in [0.717, 1.165) is 21.5 Å². The zero-order chi connectivity index (χ0) is 32.6. The average Bonchev–Trinajstić information content (AvgIpc) is 2.99. The number of sulfonamides is 1. The van der Waals surface area contributed by atoms with Gasteiger partial charge in [-0.1, -0.05) is 49.7 Å². The summed E-state index contributed by atoms with van der Waals surface area (Å²) in [4.78, 5) is 39.7. The summed E-state index contributed by atoms with van der Waals surface area (Å²) >= 11 is 0. The molecule has 0 aromatic heterocycles. The third kappa shape index (κ3) is 8.13. The molecule has 0 bridgehead atoms. The Morgan fingerprint density at radius 3 is 2.25 bits per heavy atom. The molecule has 2 amide bonds. The highest BCUT2D eigenvalue weighted by Gasteiger charge is 2.34. The first-order chi connectivity index (χ1) is 20.8. The Bertz CT molecular complexity index is 1590. The fraction of sp³-hybridized carbons (Fsp3) is 0.375. The molecule has 0 aliphatic rings. The molecule has 2 atom stereocenters. The molecule has 12 heteroatoms. The molecule has 3 aromatic carbocycles. The molecule has 0 aliphatic carbocycles. The van der Waals surface area contributed by atoms with Gasteiger partial charge < -0.3 is 15.0 Å². The Balaban J connectivity index is 2.12. The van der Waals surface area contributed by atoms with Crippen molar-refractivity contribution in [2.45, 2.75) is 71.0 Å². The van der Waals surface area contributed by atoms with Gasteiger partial charge in [-0.25, -0.2) is 8.42 Å². The number of hydrogen-bond acceptors (Lipinski definition) is 7. The second kappa shape index (κ2) is 14.8. The molecule has 0 saturated heterocycles. The lowest BCUT2D eigenvalue weighted by molar-refractivity contribution is -0.385. The van der Waals surface area contributed by atoms with Gasteiger partial charge in [-0.15, -0.1) is 0 Å². The predicted octanol–water partition coefficient (Wildman–Crippen LogP) is 5.14. The molecule has 1 N–H and O–H groups in total. The topological polar surface area (TPSA) is 139 Å². The van der Waals surface area contributed by atoms with Gasteiger partial charge in [0.05, 0.1) is 22.6 Å². The highest BCUT2D eigenvalue weighted by Crippen LogP contribution is 2.29. The van der Waals surface area contributed by atoms with Crippen molar-refractivity contribution >= 4 is 33.2 Å². The van der Waals surface area contributed by atoms with Crippen molar-refractivity contribution in [3.63, 3.8) is 0 Å². The Morgan fingerprint density at radius 1 is 1.00 bits per heavy atom. The van der Waals surface area contributed by atoms with Crippen LogP contribution in [0.5, 0.6) is 5.75 Å². The van der Waals surface area contributed by atoms with Crippen molar-refractivity contribution in [2.75, 3.05) is 18.0 Å². The number of aryl methyl sites for hydroxylation is 2. The number of hydrogen-bond donors (Lipinski definition) is 1. The van der Waals surface area contributed by atoms with Gasteiger partial charge in [-0.05, 0) is 69.5 Å². The van der Waals surface area contributed by atoms with Crippen LogP contribution >= 0.6 is 0 Å². The summed E-state index contributed by atoms with van der Waals surface area (Å²) in [6.45, 7) is 8.44. The molecule has 0 saturated carbocycles. The summed E-state index contributed by atoms with van der Waals surface area (Å²) < 4.78 is 34.4. The minimum Gasteiger partial charge on any atom is -0.497 e. The van der Waals surface area contributed by atoms with Crippen LogP contribution in [-0.4, -0.2) is 55.8 Å². The van der Waals surface area contributed by atoms with E-state index in [0.29, 0.717) is 24.2 Å². The number of nitrogens with one attached hydrogen (secondary N) is 1. The summed E-state index contributed by atoms with van der Waals surface area (Å²) in [7, 11) is -3.02. The second-order valence-corrected chi connectivity index (χ2v) is 12.5. The Morgan fingerprint density at radius 2 is 1.68 bits per heavy atom. The zero-order valence-corrected chi connectivity index (χ0v) is 26.8. The molecular weight excluding hydrogens is 584 g/mol. The molecule has 44 heavy (non-hydrogen) atoms. The number of methoxy groups -OCH3 is 1. The molecule has 0 heterocycles. The summed E-state index contributed by atoms with van der Waals surface area (Å²) in [6, 6.07) is 16.2. The standard InChI is InChI=1S/C32H40N4O7S/c1-7-24(5)33-32(38)29(8-2)34(20-25-11-9-10-22(3)18-25)31(37)21-35(26-13-15-27(43-6)16-14-26)44(41,42)28-17-12-23(4)30(19-28)36(39)40/h9-19,24,29H,7-8,20-21H2,1-6H3,(H,33,38)/t24-,29+/m1/s1. The van der Waals surface area contributed by atoms with Crippen LogP contribution in [0.2, 0.25) is 0 Å². The molecule has 0 fully saturated rings. The van der Waals surface area contributed by atoms with Crippen molar-refractivity contribution < 1.29 is 27.7 Å². The van der Waals surface area contributed by atoms with Gasteiger partial charge in [0.1, 0.15) is 18.3 Å². The molecule has 0 spiro atoms. The van der Waals surface area contributed by atoms with Crippen LogP contribution in [0, 0.1) is 24.0 Å². The van der Waals surface area contributed by atoms with E-state index in [4.69, 9.17) is 4.74 Å². The Hall–Kier alpha value is -4.45.